The van der Waals surface area contributed by atoms with Gasteiger partial charge in [0.15, 0.2) is 0 Å². The molecule has 28 heavy (non-hydrogen) atoms. The Hall–Kier alpha value is -2.38. The molecule has 1 aromatic carbocycles. The maximum Gasteiger partial charge on any atom is 0.338 e. The van der Waals surface area contributed by atoms with Crippen molar-refractivity contribution in [1.82, 2.24) is 15.1 Å². The number of rotatable bonds is 9. The quantitative estimate of drug-likeness (QED) is 0.613. The summed E-state index contributed by atoms with van der Waals surface area (Å²) in [5.41, 5.74) is 1.33. The molecule has 0 radical (unpaired) electrons. The Morgan fingerprint density at radius 1 is 1.29 bits per heavy atom. The zero-order valence-electron chi connectivity index (χ0n) is 15.8. The number of aromatic nitrogens is 2. The van der Waals surface area contributed by atoms with Crippen molar-refractivity contribution in [2.45, 2.75) is 50.9 Å². The van der Waals surface area contributed by atoms with Crippen LogP contribution in [0.4, 0.5) is 0 Å². The molecule has 0 aliphatic heterocycles. The molecule has 1 aromatic heterocycles. The monoisotopic (exact) mass is 385 g/mol. The molecule has 3 atom stereocenters. The summed E-state index contributed by atoms with van der Waals surface area (Å²) in [4.78, 5) is 11.0. The molecule has 0 saturated heterocycles. The van der Waals surface area contributed by atoms with Gasteiger partial charge < -0.3 is 20.3 Å². The third-order valence-electron chi connectivity index (χ3n) is 5.60. The van der Waals surface area contributed by atoms with E-state index in [0.717, 1.165) is 30.3 Å². The van der Waals surface area contributed by atoms with Crippen molar-refractivity contribution in [3.8, 4) is 5.75 Å². The molecule has 7 nitrogen and oxygen atoms in total. The molecule has 1 heterocycles. The third-order valence-corrected chi connectivity index (χ3v) is 5.60. The number of hydrogen-bond donors (Lipinski definition) is 3. The van der Waals surface area contributed by atoms with Gasteiger partial charge in [-0.3, -0.25) is 4.68 Å². The van der Waals surface area contributed by atoms with Gasteiger partial charge in [0.25, 0.3) is 0 Å². The van der Waals surface area contributed by atoms with E-state index in [0.29, 0.717) is 19.5 Å². The molecule has 2 saturated carbocycles. The summed E-state index contributed by atoms with van der Waals surface area (Å²) in [7, 11) is 0. The Morgan fingerprint density at radius 3 is 2.89 bits per heavy atom. The van der Waals surface area contributed by atoms with E-state index in [9.17, 15) is 9.90 Å². The molecule has 1 unspecified atom stereocenters. The predicted octanol–water partition coefficient (Wildman–Crippen LogP) is 2.30. The number of carboxylic acids is 1. The van der Waals surface area contributed by atoms with E-state index in [-0.39, 0.29) is 17.5 Å². The van der Waals surface area contributed by atoms with Crippen LogP contribution in [0.3, 0.4) is 0 Å². The lowest BCUT2D eigenvalue weighted by Crippen LogP contribution is -2.35. The highest BCUT2D eigenvalue weighted by molar-refractivity contribution is 5.86. The summed E-state index contributed by atoms with van der Waals surface area (Å²) in [5.74, 6) is 0.931. The molecule has 3 N–H and O–H groups in total. The average Bonchev–Trinajstić information content (AvgIpc) is 3.28. The first-order valence-corrected chi connectivity index (χ1v) is 9.96. The van der Waals surface area contributed by atoms with E-state index in [1.807, 2.05) is 12.1 Å². The predicted molar refractivity (Wildman–Crippen MR) is 103 cm³/mol. The third kappa shape index (κ3) is 4.91. The van der Waals surface area contributed by atoms with Crippen molar-refractivity contribution in [3.05, 3.63) is 47.8 Å². The zero-order valence-corrected chi connectivity index (χ0v) is 15.8. The lowest BCUT2D eigenvalue weighted by molar-refractivity contribution is 0.0696. The standard InChI is InChI=1S/C21H27N3O4/c25-20-8-16(11-24-12-17(10-23-24)21(26)27)7-19(20)22-9-15-2-1-3-18(6-15)28-13-14-4-5-14/h1-3,6,10,12,14,16,19-20,22,25H,4-5,7-9,11,13H2,(H,26,27)/t16?,19-,20-/m1/s1. The van der Waals surface area contributed by atoms with Crippen LogP contribution in [0.5, 0.6) is 5.75 Å². The van der Waals surface area contributed by atoms with Gasteiger partial charge in [-0.1, -0.05) is 12.1 Å². The van der Waals surface area contributed by atoms with Crippen LogP contribution >= 0.6 is 0 Å². The van der Waals surface area contributed by atoms with E-state index < -0.39 is 12.1 Å². The molecule has 4 rings (SSSR count). The maximum atomic E-state index is 11.0. The molecule has 0 spiro atoms. The van der Waals surface area contributed by atoms with Crippen LogP contribution in [-0.2, 0) is 13.1 Å². The van der Waals surface area contributed by atoms with Crippen LogP contribution < -0.4 is 10.1 Å². The molecule has 2 fully saturated rings. The molecular formula is C21H27N3O4. The second-order valence-corrected chi connectivity index (χ2v) is 8.05. The van der Waals surface area contributed by atoms with E-state index in [1.54, 1.807) is 10.9 Å². The fraction of sp³-hybridized carbons (Fsp3) is 0.524. The topological polar surface area (TPSA) is 96.6 Å². The van der Waals surface area contributed by atoms with Crippen molar-refractivity contribution < 1.29 is 19.7 Å². The van der Waals surface area contributed by atoms with Gasteiger partial charge in [0.05, 0.1) is 24.5 Å². The van der Waals surface area contributed by atoms with E-state index in [2.05, 4.69) is 22.5 Å². The van der Waals surface area contributed by atoms with Crippen LogP contribution in [0.25, 0.3) is 0 Å². The first-order valence-electron chi connectivity index (χ1n) is 9.96. The molecule has 2 aromatic rings. The normalized spacial score (nSPS) is 24.4. The minimum atomic E-state index is -0.972. The lowest BCUT2D eigenvalue weighted by atomic mass is 10.1. The Balaban J connectivity index is 1.26. The summed E-state index contributed by atoms with van der Waals surface area (Å²) in [6.45, 7) is 2.10. The van der Waals surface area contributed by atoms with Crippen molar-refractivity contribution in [3.63, 3.8) is 0 Å². The Kier molecular flexibility index (Phi) is 5.64. The largest absolute Gasteiger partial charge is 0.493 e. The molecule has 150 valence electrons. The lowest BCUT2D eigenvalue weighted by Gasteiger charge is -2.17. The summed E-state index contributed by atoms with van der Waals surface area (Å²) in [6.07, 6.45) is 6.57. The van der Waals surface area contributed by atoms with Crippen molar-refractivity contribution >= 4 is 5.97 Å². The summed E-state index contributed by atoms with van der Waals surface area (Å²) in [5, 5.41) is 27.0. The molecule has 0 amide bonds. The highest BCUT2D eigenvalue weighted by Crippen LogP contribution is 2.30. The van der Waals surface area contributed by atoms with Crippen LogP contribution in [-0.4, -0.2) is 44.7 Å². The van der Waals surface area contributed by atoms with Crippen LogP contribution in [0, 0.1) is 11.8 Å². The molecule has 0 bridgehead atoms. The smallest absolute Gasteiger partial charge is 0.338 e. The number of aliphatic hydroxyl groups excluding tert-OH is 1. The SMILES string of the molecule is O=C(O)c1cnn(CC2C[C@@H](O)[C@H](NCc3cccc(OCC4CC4)c3)C2)c1. The minimum Gasteiger partial charge on any atom is -0.493 e. The summed E-state index contributed by atoms with van der Waals surface area (Å²) < 4.78 is 7.49. The number of aromatic carboxylic acids is 1. The van der Waals surface area contributed by atoms with Crippen molar-refractivity contribution in [1.29, 1.82) is 0 Å². The molecule has 7 heteroatoms. The maximum absolute atomic E-state index is 11.0. The number of benzene rings is 1. The number of ether oxygens (including phenoxy) is 1. The van der Waals surface area contributed by atoms with Crippen LogP contribution in [0.15, 0.2) is 36.7 Å². The number of nitrogens with zero attached hydrogens (tertiary/aromatic N) is 2. The molecule has 2 aliphatic carbocycles. The number of nitrogens with one attached hydrogen (secondary N) is 1. The number of hydrogen-bond acceptors (Lipinski definition) is 5. The van der Waals surface area contributed by atoms with Gasteiger partial charge in [0.2, 0.25) is 0 Å². The summed E-state index contributed by atoms with van der Waals surface area (Å²) in [6, 6.07) is 8.14. The Morgan fingerprint density at radius 2 is 2.14 bits per heavy atom. The van der Waals surface area contributed by atoms with Gasteiger partial charge in [0, 0.05) is 25.3 Å². The van der Waals surface area contributed by atoms with Gasteiger partial charge in [0.1, 0.15) is 5.75 Å². The Labute approximate surface area is 164 Å². The first-order chi connectivity index (χ1) is 13.6. The van der Waals surface area contributed by atoms with Gasteiger partial charge in [-0.2, -0.15) is 5.10 Å². The minimum absolute atomic E-state index is 0.0237. The van der Waals surface area contributed by atoms with Gasteiger partial charge in [-0.05, 0) is 55.2 Å². The van der Waals surface area contributed by atoms with Crippen LogP contribution in [0.2, 0.25) is 0 Å². The van der Waals surface area contributed by atoms with Gasteiger partial charge in [-0.25, -0.2) is 4.79 Å². The van der Waals surface area contributed by atoms with E-state index >= 15 is 0 Å². The second-order valence-electron chi connectivity index (χ2n) is 8.05. The van der Waals surface area contributed by atoms with Gasteiger partial charge in [-0.15, -0.1) is 0 Å². The number of aliphatic hydroxyl groups is 1. The van der Waals surface area contributed by atoms with Gasteiger partial charge >= 0.3 is 5.97 Å². The van der Waals surface area contributed by atoms with Crippen LogP contribution in [0.1, 0.15) is 41.6 Å². The fourth-order valence-corrected chi connectivity index (χ4v) is 3.82. The zero-order chi connectivity index (χ0) is 19.5. The van der Waals surface area contributed by atoms with Crippen molar-refractivity contribution in [2.75, 3.05) is 6.61 Å². The van der Waals surface area contributed by atoms with E-state index in [4.69, 9.17) is 9.84 Å². The summed E-state index contributed by atoms with van der Waals surface area (Å²) >= 11 is 0. The first kappa shape index (κ1) is 19.0. The number of carbonyl (C=O) groups is 1. The highest BCUT2D eigenvalue weighted by Gasteiger charge is 2.33. The molecule has 2 aliphatic rings. The second kappa shape index (κ2) is 8.32. The fourth-order valence-electron chi connectivity index (χ4n) is 3.82. The highest BCUT2D eigenvalue weighted by atomic mass is 16.5. The Bertz CT molecular complexity index is 817. The average molecular weight is 385 g/mol. The number of carboxylic acid groups (broad SMARTS) is 1. The molecular weight excluding hydrogens is 358 g/mol. The van der Waals surface area contributed by atoms with Crippen molar-refractivity contribution in [2.24, 2.45) is 11.8 Å². The van der Waals surface area contributed by atoms with E-state index in [1.165, 1.54) is 19.0 Å².